The SMILES string of the molecule is COC(=O)c1cc(Cl)c(C(N)=O)cc1OC. The van der Waals surface area contributed by atoms with E-state index in [4.69, 9.17) is 22.1 Å². The highest BCUT2D eigenvalue weighted by Gasteiger charge is 2.18. The summed E-state index contributed by atoms with van der Waals surface area (Å²) in [6.07, 6.45) is 0. The number of carbonyl (C=O) groups excluding carboxylic acids is 2. The summed E-state index contributed by atoms with van der Waals surface area (Å²) in [5.74, 6) is -1.11. The highest BCUT2D eigenvalue weighted by atomic mass is 35.5. The molecule has 2 N–H and O–H groups in total. The van der Waals surface area contributed by atoms with E-state index in [-0.39, 0.29) is 21.9 Å². The zero-order valence-electron chi connectivity index (χ0n) is 8.74. The van der Waals surface area contributed by atoms with Crippen LogP contribution >= 0.6 is 11.6 Å². The van der Waals surface area contributed by atoms with Crippen molar-refractivity contribution in [1.82, 2.24) is 0 Å². The molecule has 0 atom stereocenters. The smallest absolute Gasteiger partial charge is 0.341 e. The van der Waals surface area contributed by atoms with Gasteiger partial charge in [-0.25, -0.2) is 4.79 Å². The lowest BCUT2D eigenvalue weighted by Gasteiger charge is -2.09. The third kappa shape index (κ3) is 2.25. The van der Waals surface area contributed by atoms with Crippen molar-refractivity contribution in [3.8, 4) is 5.75 Å². The molecule has 1 aromatic rings. The number of ether oxygens (including phenoxy) is 2. The molecule has 0 radical (unpaired) electrons. The van der Waals surface area contributed by atoms with Gasteiger partial charge in [0.2, 0.25) is 5.91 Å². The van der Waals surface area contributed by atoms with E-state index in [0.29, 0.717) is 0 Å². The first-order chi connectivity index (χ1) is 7.51. The van der Waals surface area contributed by atoms with Crippen LogP contribution in [0.1, 0.15) is 20.7 Å². The zero-order valence-corrected chi connectivity index (χ0v) is 9.50. The number of esters is 1. The van der Waals surface area contributed by atoms with E-state index >= 15 is 0 Å². The molecular weight excluding hydrogens is 234 g/mol. The highest BCUT2D eigenvalue weighted by molar-refractivity contribution is 6.34. The van der Waals surface area contributed by atoms with Crippen LogP contribution in [-0.4, -0.2) is 26.1 Å². The van der Waals surface area contributed by atoms with Gasteiger partial charge >= 0.3 is 5.97 Å². The average Bonchev–Trinajstić information content (AvgIpc) is 2.27. The Balaban J connectivity index is 3.37. The molecule has 1 aromatic carbocycles. The maximum atomic E-state index is 11.3. The van der Waals surface area contributed by atoms with Gasteiger partial charge < -0.3 is 15.2 Å². The van der Waals surface area contributed by atoms with Crippen LogP contribution < -0.4 is 10.5 Å². The first-order valence-electron chi connectivity index (χ1n) is 4.27. The molecule has 0 bridgehead atoms. The molecule has 0 spiro atoms. The summed E-state index contributed by atoms with van der Waals surface area (Å²) in [5.41, 5.74) is 5.33. The summed E-state index contributed by atoms with van der Waals surface area (Å²) in [6, 6.07) is 2.59. The molecule has 0 saturated carbocycles. The number of benzene rings is 1. The van der Waals surface area contributed by atoms with E-state index < -0.39 is 11.9 Å². The van der Waals surface area contributed by atoms with E-state index in [1.165, 1.54) is 26.4 Å². The van der Waals surface area contributed by atoms with Crippen LogP contribution in [0.15, 0.2) is 12.1 Å². The number of methoxy groups -OCH3 is 2. The first-order valence-corrected chi connectivity index (χ1v) is 4.64. The summed E-state index contributed by atoms with van der Waals surface area (Å²) >= 11 is 5.79. The Bertz CT molecular complexity index is 445. The van der Waals surface area contributed by atoms with Crippen LogP contribution in [0.25, 0.3) is 0 Å². The molecule has 5 nitrogen and oxygen atoms in total. The van der Waals surface area contributed by atoms with Crippen LogP contribution in [0, 0.1) is 0 Å². The Hall–Kier alpha value is -1.75. The van der Waals surface area contributed by atoms with E-state index in [1.54, 1.807) is 0 Å². The molecule has 0 fully saturated rings. The maximum Gasteiger partial charge on any atom is 0.341 e. The van der Waals surface area contributed by atoms with Gasteiger partial charge in [-0.1, -0.05) is 11.6 Å². The summed E-state index contributed by atoms with van der Waals surface area (Å²) < 4.78 is 9.49. The molecule has 0 saturated heterocycles. The van der Waals surface area contributed by atoms with Crippen molar-refractivity contribution in [3.63, 3.8) is 0 Å². The van der Waals surface area contributed by atoms with Gasteiger partial charge in [0.15, 0.2) is 0 Å². The fourth-order valence-corrected chi connectivity index (χ4v) is 1.44. The molecule has 0 aliphatic carbocycles. The van der Waals surface area contributed by atoms with Crippen LogP contribution in [0.5, 0.6) is 5.75 Å². The van der Waals surface area contributed by atoms with Gasteiger partial charge in [0.25, 0.3) is 0 Å². The number of hydrogen-bond acceptors (Lipinski definition) is 4. The summed E-state index contributed by atoms with van der Waals surface area (Å²) in [7, 11) is 2.60. The minimum Gasteiger partial charge on any atom is -0.496 e. The third-order valence-electron chi connectivity index (χ3n) is 1.96. The van der Waals surface area contributed by atoms with Crippen molar-refractivity contribution in [2.24, 2.45) is 5.73 Å². The predicted octanol–water partition coefficient (Wildman–Crippen LogP) is 1.23. The fraction of sp³-hybridized carbons (Fsp3) is 0.200. The van der Waals surface area contributed by atoms with Crippen molar-refractivity contribution in [2.45, 2.75) is 0 Å². The Kier molecular flexibility index (Phi) is 3.73. The van der Waals surface area contributed by atoms with Crippen LogP contribution in [0.2, 0.25) is 5.02 Å². The molecule has 16 heavy (non-hydrogen) atoms. The monoisotopic (exact) mass is 243 g/mol. The van der Waals surface area contributed by atoms with Crippen LogP contribution in [0.4, 0.5) is 0 Å². The number of nitrogens with two attached hydrogens (primary N) is 1. The number of rotatable bonds is 3. The van der Waals surface area contributed by atoms with Gasteiger partial charge in [-0.3, -0.25) is 4.79 Å². The fourth-order valence-electron chi connectivity index (χ4n) is 1.18. The minimum absolute atomic E-state index is 0.0775. The summed E-state index contributed by atoms with van der Waals surface area (Å²) in [4.78, 5) is 22.4. The van der Waals surface area contributed by atoms with Gasteiger partial charge in [0.05, 0.1) is 24.8 Å². The van der Waals surface area contributed by atoms with Crippen LogP contribution in [0.3, 0.4) is 0 Å². The zero-order chi connectivity index (χ0) is 12.3. The Morgan fingerprint density at radius 3 is 2.31 bits per heavy atom. The number of halogens is 1. The normalized spacial score (nSPS) is 9.69. The lowest BCUT2D eigenvalue weighted by Crippen LogP contribution is -2.13. The number of hydrogen-bond donors (Lipinski definition) is 1. The molecular formula is C10H10ClNO4. The van der Waals surface area contributed by atoms with Gasteiger partial charge in [-0.2, -0.15) is 0 Å². The molecule has 86 valence electrons. The predicted molar refractivity (Wildman–Crippen MR) is 57.9 cm³/mol. The van der Waals surface area contributed by atoms with Gasteiger partial charge in [0, 0.05) is 0 Å². The highest BCUT2D eigenvalue weighted by Crippen LogP contribution is 2.27. The Labute approximate surface area is 97.1 Å². The Morgan fingerprint density at radius 2 is 1.88 bits per heavy atom. The van der Waals surface area contributed by atoms with Crippen molar-refractivity contribution in [3.05, 3.63) is 28.3 Å². The third-order valence-corrected chi connectivity index (χ3v) is 2.27. The molecule has 0 aromatic heterocycles. The second-order valence-corrected chi connectivity index (χ2v) is 3.30. The summed E-state index contributed by atoms with van der Waals surface area (Å²) in [6.45, 7) is 0. The summed E-state index contributed by atoms with van der Waals surface area (Å²) in [5, 5.41) is 0.0775. The van der Waals surface area contributed by atoms with Crippen molar-refractivity contribution >= 4 is 23.5 Å². The number of primary amides is 1. The second-order valence-electron chi connectivity index (χ2n) is 2.89. The number of amides is 1. The largest absolute Gasteiger partial charge is 0.496 e. The van der Waals surface area contributed by atoms with Gasteiger partial charge in [0.1, 0.15) is 11.3 Å². The molecule has 1 amide bonds. The molecule has 0 unspecified atom stereocenters. The van der Waals surface area contributed by atoms with E-state index in [2.05, 4.69) is 4.74 Å². The van der Waals surface area contributed by atoms with Crippen LogP contribution in [-0.2, 0) is 4.74 Å². The van der Waals surface area contributed by atoms with Crippen molar-refractivity contribution < 1.29 is 19.1 Å². The quantitative estimate of drug-likeness (QED) is 0.810. The average molecular weight is 244 g/mol. The maximum absolute atomic E-state index is 11.3. The van der Waals surface area contributed by atoms with Crippen molar-refractivity contribution in [1.29, 1.82) is 0 Å². The number of carbonyl (C=O) groups is 2. The van der Waals surface area contributed by atoms with E-state index in [0.717, 1.165) is 0 Å². The molecule has 0 aliphatic heterocycles. The Morgan fingerprint density at radius 1 is 1.25 bits per heavy atom. The van der Waals surface area contributed by atoms with E-state index in [9.17, 15) is 9.59 Å². The van der Waals surface area contributed by atoms with Gasteiger partial charge in [-0.05, 0) is 12.1 Å². The first kappa shape index (κ1) is 12.3. The van der Waals surface area contributed by atoms with Gasteiger partial charge in [-0.15, -0.1) is 0 Å². The standard InChI is InChI=1S/C10H10ClNO4/c1-15-8-4-5(9(12)13)7(11)3-6(8)10(14)16-2/h3-4H,1-2H3,(H2,12,13). The second kappa shape index (κ2) is 4.85. The molecule has 6 heteroatoms. The lowest BCUT2D eigenvalue weighted by atomic mass is 10.1. The molecule has 1 rings (SSSR count). The topological polar surface area (TPSA) is 78.6 Å². The molecule has 0 aliphatic rings. The minimum atomic E-state index is -0.695. The molecule has 0 heterocycles. The van der Waals surface area contributed by atoms with E-state index in [1.807, 2.05) is 0 Å². The lowest BCUT2D eigenvalue weighted by molar-refractivity contribution is 0.0596. The van der Waals surface area contributed by atoms with Crippen molar-refractivity contribution in [2.75, 3.05) is 14.2 Å².